The second kappa shape index (κ2) is 10.3. The normalized spacial score (nSPS) is 11.5. The molecule has 0 aliphatic carbocycles. The van der Waals surface area contributed by atoms with E-state index in [4.69, 9.17) is 4.74 Å². The summed E-state index contributed by atoms with van der Waals surface area (Å²) in [4.78, 5) is 47.9. The molecule has 2 rings (SSSR count). The number of nitrogens with one attached hydrogen (secondary N) is 2. The highest BCUT2D eigenvalue weighted by Crippen LogP contribution is 2.13. The molecule has 1 atom stereocenters. The van der Waals surface area contributed by atoms with E-state index in [1.807, 2.05) is 0 Å². The van der Waals surface area contributed by atoms with E-state index in [0.717, 1.165) is 6.07 Å². The summed E-state index contributed by atoms with van der Waals surface area (Å²) in [6, 6.07) is 11.2. The molecule has 0 aliphatic rings. The maximum atomic E-state index is 13.1. The molecule has 158 valence electrons. The first-order valence-corrected chi connectivity index (χ1v) is 9.35. The number of esters is 1. The molecule has 0 fully saturated rings. The van der Waals surface area contributed by atoms with Gasteiger partial charge in [-0.2, -0.15) is 0 Å². The molecule has 8 heteroatoms. The van der Waals surface area contributed by atoms with E-state index >= 15 is 0 Å². The largest absolute Gasteiger partial charge is 0.453 e. The molecule has 7 nitrogen and oxygen atoms in total. The third kappa shape index (κ3) is 6.51. The van der Waals surface area contributed by atoms with Gasteiger partial charge in [0, 0.05) is 22.7 Å². The first-order valence-electron chi connectivity index (χ1n) is 9.35. The zero-order chi connectivity index (χ0) is 22.3. The summed E-state index contributed by atoms with van der Waals surface area (Å²) in [5, 5.41) is 5.03. The summed E-state index contributed by atoms with van der Waals surface area (Å²) in [6.45, 7) is 4.49. The van der Waals surface area contributed by atoms with Gasteiger partial charge in [-0.1, -0.05) is 19.9 Å². The minimum atomic E-state index is -1.07. The summed E-state index contributed by atoms with van der Waals surface area (Å²) in [5.74, 6) is -2.75. The highest BCUT2D eigenvalue weighted by Gasteiger charge is 2.20. The van der Waals surface area contributed by atoms with E-state index in [1.165, 1.54) is 37.3 Å². The fraction of sp³-hybridized carbons (Fsp3) is 0.273. The molecule has 0 radical (unpaired) electrons. The average molecular weight is 414 g/mol. The van der Waals surface area contributed by atoms with Gasteiger partial charge in [-0.25, -0.2) is 4.39 Å². The van der Waals surface area contributed by atoms with Crippen molar-refractivity contribution in [3.05, 3.63) is 65.5 Å². The Balaban J connectivity index is 1.86. The molecular formula is C22H23FN2O5. The summed E-state index contributed by atoms with van der Waals surface area (Å²) < 4.78 is 18.2. The predicted octanol–water partition coefficient (Wildman–Crippen LogP) is 2.96. The molecule has 2 aromatic rings. The highest BCUT2D eigenvalue weighted by molar-refractivity contribution is 6.01. The number of anilines is 1. The molecule has 2 N–H and O–H groups in total. The number of ether oxygens (including phenoxy) is 1. The van der Waals surface area contributed by atoms with Crippen molar-refractivity contribution in [3.63, 3.8) is 0 Å². The number of halogens is 1. The lowest BCUT2D eigenvalue weighted by Gasteiger charge is -2.13. The number of rotatable bonds is 8. The van der Waals surface area contributed by atoms with Crippen molar-refractivity contribution in [1.82, 2.24) is 5.32 Å². The Morgan fingerprint density at radius 2 is 1.63 bits per heavy atom. The lowest BCUT2D eigenvalue weighted by atomic mass is 10.1. The van der Waals surface area contributed by atoms with Crippen molar-refractivity contribution in [1.29, 1.82) is 0 Å². The van der Waals surface area contributed by atoms with Crippen molar-refractivity contribution in [3.8, 4) is 0 Å². The molecule has 30 heavy (non-hydrogen) atoms. The van der Waals surface area contributed by atoms with Gasteiger partial charge in [0.1, 0.15) is 12.4 Å². The number of carbonyl (C=O) groups is 4. The van der Waals surface area contributed by atoms with E-state index in [-0.39, 0.29) is 17.4 Å². The molecule has 0 saturated heterocycles. The van der Waals surface area contributed by atoms with Crippen LogP contribution in [0.5, 0.6) is 0 Å². The minimum Gasteiger partial charge on any atom is -0.453 e. The van der Waals surface area contributed by atoms with Crippen LogP contribution in [0.4, 0.5) is 10.1 Å². The fourth-order valence-corrected chi connectivity index (χ4v) is 2.42. The Hall–Kier alpha value is -3.55. The minimum absolute atomic E-state index is 0.0663. The fourth-order valence-electron chi connectivity index (χ4n) is 2.42. The Morgan fingerprint density at radius 3 is 2.23 bits per heavy atom. The number of ketones is 1. The molecule has 0 bridgehead atoms. The number of benzene rings is 2. The monoisotopic (exact) mass is 414 g/mol. The van der Waals surface area contributed by atoms with Gasteiger partial charge in [-0.15, -0.1) is 0 Å². The van der Waals surface area contributed by atoms with Crippen molar-refractivity contribution < 1.29 is 28.3 Å². The number of hydrogen-bond donors (Lipinski definition) is 2. The van der Waals surface area contributed by atoms with Crippen LogP contribution < -0.4 is 10.6 Å². The van der Waals surface area contributed by atoms with Gasteiger partial charge in [-0.3, -0.25) is 19.2 Å². The maximum Gasteiger partial charge on any atom is 0.326 e. The molecule has 2 aromatic carbocycles. The molecule has 0 saturated carbocycles. The van der Waals surface area contributed by atoms with Gasteiger partial charge in [0.05, 0.1) is 0 Å². The zero-order valence-electron chi connectivity index (χ0n) is 16.9. The number of carbonyl (C=O) groups excluding carboxylic acids is 4. The molecule has 0 aliphatic heterocycles. The summed E-state index contributed by atoms with van der Waals surface area (Å²) in [7, 11) is 0. The summed E-state index contributed by atoms with van der Waals surface area (Å²) >= 11 is 0. The molecule has 0 heterocycles. The van der Waals surface area contributed by atoms with Gasteiger partial charge < -0.3 is 15.4 Å². The smallest absolute Gasteiger partial charge is 0.326 e. The summed E-state index contributed by atoms with van der Waals surface area (Å²) in [5.41, 5.74) is 0.924. The second-order valence-corrected chi connectivity index (χ2v) is 6.91. The van der Waals surface area contributed by atoms with Crippen LogP contribution in [0.25, 0.3) is 0 Å². The van der Waals surface area contributed by atoms with Gasteiger partial charge >= 0.3 is 5.97 Å². The quantitative estimate of drug-likeness (QED) is 0.511. The van der Waals surface area contributed by atoms with Crippen LogP contribution in [0.1, 0.15) is 41.5 Å². The molecular weight excluding hydrogens is 391 g/mol. The highest BCUT2D eigenvalue weighted by atomic mass is 19.1. The summed E-state index contributed by atoms with van der Waals surface area (Å²) in [6.07, 6.45) is -1.07. The van der Waals surface area contributed by atoms with Crippen molar-refractivity contribution in [2.75, 3.05) is 11.9 Å². The topological polar surface area (TPSA) is 102 Å². The number of Topliss-reactive ketones (excluding diaryl/α,β-unsaturated/α-hetero) is 1. The van der Waals surface area contributed by atoms with Gasteiger partial charge in [-0.05, 0) is 49.4 Å². The van der Waals surface area contributed by atoms with Gasteiger partial charge in [0.2, 0.25) is 11.7 Å². The van der Waals surface area contributed by atoms with Crippen LogP contribution in [0.3, 0.4) is 0 Å². The van der Waals surface area contributed by atoms with Crippen LogP contribution in [-0.2, 0) is 14.3 Å². The third-order valence-electron chi connectivity index (χ3n) is 4.12. The standard InChI is InChI=1S/C22H23FN2O5/c1-13(2)21(28)25-18-9-7-15(8-10-18)20(27)14(3)30-19(26)12-24-22(29)16-5-4-6-17(23)11-16/h4-11,13-14H,12H2,1-3H3,(H,24,29)(H,25,28). The Labute approximate surface area is 173 Å². The van der Waals surface area contributed by atoms with Crippen LogP contribution >= 0.6 is 0 Å². The van der Waals surface area contributed by atoms with Crippen LogP contribution in [-0.4, -0.2) is 36.2 Å². The van der Waals surface area contributed by atoms with Crippen LogP contribution in [0.15, 0.2) is 48.5 Å². The molecule has 2 amide bonds. The lowest BCUT2D eigenvalue weighted by molar-refractivity contribution is -0.145. The van der Waals surface area contributed by atoms with E-state index in [2.05, 4.69) is 10.6 Å². The first-order chi connectivity index (χ1) is 14.2. The number of hydrogen-bond acceptors (Lipinski definition) is 5. The molecule has 0 aromatic heterocycles. The van der Waals surface area contributed by atoms with Crippen molar-refractivity contribution >= 4 is 29.3 Å². The van der Waals surface area contributed by atoms with Gasteiger partial charge in [0.25, 0.3) is 5.91 Å². The van der Waals surface area contributed by atoms with Gasteiger partial charge in [0.15, 0.2) is 6.10 Å². The van der Waals surface area contributed by atoms with Crippen molar-refractivity contribution in [2.24, 2.45) is 5.92 Å². The Kier molecular flexibility index (Phi) is 7.80. The SMILES string of the molecule is CC(C)C(=O)Nc1ccc(C(=O)C(C)OC(=O)CNC(=O)c2cccc(F)c2)cc1. The van der Waals surface area contributed by atoms with E-state index in [0.29, 0.717) is 11.3 Å². The van der Waals surface area contributed by atoms with E-state index in [1.54, 1.807) is 26.0 Å². The number of amides is 2. The molecule has 1 unspecified atom stereocenters. The molecule has 0 spiro atoms. The first kappa shape index (κ1) is 22.7. The second-order valence-electron chi connectivity index (χ2n) is 6.91. The maximum absolute atomic E-state index is 13.1. The average Bonchev–Trinajstić information content (AvgIpc) is 2.71. The van der Waals surface area contributed by atoms with Crippen molar-refractivity contribution in [2.45, 2.75) is 26.9 Å². The van der Waals surface area contributed by atoms with Crippen LogP contribution in [0, 0.1) is 11.7 Å². The zero-order valence-corrected chi connectivity index (χ0v) is 16.9. The van der Waals surface area contributed by atoms with E-state index in [9.17, 15) is 23.6 Å². The Morgan fingerprint density at radius 1 is 0.967 bits per heavy atom. The lowest BCUT2D eigenvalue weighted by Crippen LogP contribution is -2.34. The Bertz CT molecular complexity index is 941. The predicted molar refractivity (Wildman–Crippen MR) is 109 cm³/mol. The third-order valence-corrected chi connectivity index (χ3v) is 4.12. The van der Waals surface area contributed by atoms with Crippen LogP contribution in [0.2, 0.25) is 0 Å². The van der Waals surface area contributed by atoms with E-state index < -0.39 is 36.1 Å².